The van der Waals surface area contributed by atoms with Gasteiger partial charge in [-0.15, -0.1) is 0 Å². The number of hydrogen-bond acceptors (Lipinski definition) is 4. The summed E-state index contributed by atoms with van der Waals surface area (Å²) in [6.07, 6.45) is 0.379. The van der Waals surface area contributed by atoms with Gasteiger partial charge in [-0.1, -0.05) is 11.3 Å². The van der Waals surface area contributed by atoms with Gasteiger partial charge < -0.3 is 10.3 Å². The molecule has 84 valence electrons. The van der Waals surface area contributed by atoms with E-state index in [9.17, 15) is 9.59 Å². The second kappa shape index (κ2) is 4.71. The van der Waals surface area contributed by atoms with Crippen molar-refractivity contribution in [1.29, 1.82) is 0 Å². The van der Waals surface area contributed by atoms with Crippen LogP contribution in [0.25, 0.3) is 10.2 Å². The third-order valence-electron chi connectivity index (χ3n) is 2.04. The van der Waals surface area contributed by atoms with Crippen molar-refractivity contribution in [2.75, 3.05) is 11.1 Å². The zero-order valence-corrected chi connectivity index (χ0v) is 10.0. The molecule has 0 aliphatic carbocycles. The first-order valence-corrected chi connectivity index (χ1v) is 6.17. The first-order chi connectivity index (χ1) is 7.69. The highest BCUT2D eigenvalue weighted by Crippen LogP contribution is 2.19. The van der Waals surface area contributed by atoms with E-state index in [1.165, 1.54) is 0 Å². The summed E-state index contributed by atoms with van der Waals surface area (Å²) in [6.45, 7) is 0. The van der Waals surface area contributed by atoms with Crippen LogP contribution in [0.15, 0.2) is 23.0 Å². The number of rotatable bonds is 3. The minimum Gasteiger partial charge on any atom is -0.326 e. The Morgan fingerprint density at radius 1 is 1.50 bits per heavy atom. The van der Waals surface area contributed by atoms with Gasteiger partial charge in [0.15, 0.2) is 0 Å². The van der Waals surface area contributed by atoms with Crippen LogP contribution in [-0.2, 0) is 4.79 Å². The molecule has 16 heavy (non-hydrogen) atoms. The molecule has 0 saturated carbocycles. The van der Waals surface area contributed by atoms with Crippen molar-refractivity contribution in [2.24, 2.45) is 0 Å². The lowest BCUT2D eigenvalue weighted by molar-refractivity contribution is -0.115. The minimum atomic E-state index is -0.0890. The number of nitrogens with one attached hydrogen (secondary N) is 2. The Balaban J connectivity index is 2.25. The quantitative estimate of drug-likeness (QED) is 0.732. The van der Waals surface area contributed by atoms with Crippen molar-refractivity contribution < 1.29 is 4.79 Å². The van der Waals surface area contributed by atoms with Gasteiger partial charge in [0.25, 0.3) is 0 Å². The third kappa shape index (κ3) is 2.45. The molecule has 0 unspecified atom stereocenters. The number of hydrogen-bond donors (Lipinski definition) is 3. The average molecular weight is 254 g/mol. The van der Waals surface area contributed by atoms with E-state index in [0.717, 1.165) is 21.6 Å². The molecule has 0 aliphatic rings. The van der Waals surface area contributed by atoms with Gasteiger partial charge in [0.2, 0.25) is 5.91 Å². The van der Waals surface area contributed by atoms with Crippen LogP contribution in [0.5, 0.6) is 0 Å². The summed E-state index contributed by atoms with van der Waals surface area (Å²) in [4.78, 5) is 25.0. The molecule has 1 heterocycles. The molecule has 2 rings (SSSR count). The fourth-order valence-electron chi connectivity index (χ4n) is 1.35. The maximum atomic E-state index is 11.3. The highest BCUT2D eigenvalue weighted by molar-refractivity contribution is 7.80. The third-order valence-corrected chi connectivity index (χ3v) is 3.11. The number of benzene rings is 1. The summed E-state index contributed by atoms with van der Waals surface area (Å²) in [6, 6.07) is 5.33. The van der Waals surface area contributed by atoms with E-state index in [1.807, 2.05) is 0 Å². The number of fused-ring (bicyclic) bond motifs is 1. The monoisotopic (exact) mass is 254 g/mol. The van der Waals surface area contributed by atoms with Crippen LogP contribution < -0.4 is 10.2 Å². The van der Waals surface area contributed by atoms with E-state index < -0.39 is 0 Å². The maximum absolute atomic E-state index is 11.3. The van der Waals surface area contributed by atoms with Crippen molar-refractivity contribution in [3.8, 4) is 0 Å². The van der Waals surface area contributed by atoms with Gasteiger partial charge in [0.05, 0.1) is 10.2 Å². The predicted molar refractivity (Wildman–Crippen MR) is 69.5 cm³/mol. The van der Waals surface area contributed by atoms with Crippen LogP contribution in [0.1, 0.15) is 6.42 Å². The molecule has 2 N–H and O–H groups in total. The largest absolute Gasteiger partial charge is 0.326 e. The lowest BCUT2D eigenvalue weighted by Crippen LogP contribution is -2.11. The van der Waals surface area contributed by atoms with Gasteiger partial charge >= 0.3 is 4.87 Å². The molecule has 6 heteroatoms. The van der Waals surface area contributed by atoms with Gasteiger partial charge in [-0.25, -0.2) is 0 Å². The Morgan fingerprint density at radius 3 is 3.06 bits per heavy atom. The van der Waals surface area contributed by atoms with Crippen molar-refractivity contribution >= 4 is 45.8 Å². The number of carbonyl (C=O) groups excluding carboxylic acids is 1. The molecule has 0 radical (unpaired) electrons. The second-order valence-electron chi connectivity index (χ2n) is 3.25. The topological polar surface area (TPSA) is 62.0 Å². The molecular formula is C10H10N2O2S2. The Bertz CT molecular complexity index is 573. The zero-order valence-electron chi connectivity index (χ0n) is 8.32. The summed E-state index contributed by atoms with van der Waals surface area (Å²) in [7, 11) is 0. The number of amides is 1. The minimum absolute atomic E-state index is 0.0720. The molecule has 0 atom stereocenters. The highest BCUT2D eigenvalue weighted by Gasteiger charge is 2.03. The Hall–Kier alpha value is -1.27. The van der Waals surface area contributed by atoms with E-state index in [0.29, 0.717) is 17.9 Å². The molecule has 1 amide bonds. The lowest BCUT2D eigenvalue weighted by atomic mass is 10.3. The average Bonchev–Trinajstić information content (AvgIpc) is 2.57. The number of aromatic nitrogens is 1. The zero-order chi connectivity index (χ0) is 11.5. The van der Waals surface area contributed by atoms with Crippen molar-refractivity contribution in [3.05, 3.63) is 27.9 Å². The van der Waals surface area contributed by atoms with Crippen molar-refractivity contribution in [1.82, 2.24) is 4.98 Å². The van der Waals surface area contributed by atoms with E-state index in [2.05, 4.69) is 22.9 Å². The van der Waals surface area contributed by atoms with E-state index in [-0.39, 0.29) is 10.8 Å². The van der Waals surface area contributed by atoms with E-state index >= 15 is 0 Å². The van der Waals surface area contributed by atoms with Crippen molar-refractivity contribution in [3.63, 3.8) is 0 Å². The predicted octanol–water partition coefficient (Wildman–Crippen LogP) is 1.85. The smallest absolute Gasteiger partial charge is 0.305 e. The molecule has 4 nitrogen and oxygen atoms in total. The number of aromatic amines is 1. The Labute approximate surface area is 101 Å². The summed E-state index contributed by atoms with van der Waals surface area (Å²) >= 11 is 5.11. The summed E-state index contributed by atoms with van der Waals surface area (Å²) in [5, 5.41) is 2.75. The maximum Gasteiger partial charge on any atom is 0.305 e. The molecule has 0 spiro atoms. The lowest BCUT2D eigenvalue weighted by Gasteiger charge is -2.03. The first-order valence-electron chi connectivity index (χ1n) is 4.72. The van der Waals surface area contributed by atoms with Gasteiger partial charge in [0, 0.05) is 12.1 Å². The highest BCUT2D eigenvalue weighted by atomic mass is 32.1. The van der Waals surface area contributed by atoms with Crippen LogP contribution >= 0.6 is 24.0 Å². The SMILES string of the molecule is O=C(CCS)Nc1ccc2[nH]c(=O)sc2c1. The summed E-state index contributed by atoms with van der Waals surface area (Å²) < 4.78 is 0.841. The molecule has 2 aromatic rings. The molecule has 1 aromatic carbocycles. The van der Waals surface area contributed by atoms with Crippen LogP contribution in [0, 0.1) is 0 Å². The van der Waals surface area contributed by atoms with Crippen molar-refractivity contribution in [2.45, 2.75) is 6.42 Å². The van der Waals surface area contributed by atoms with Crippen LogP contribution in [-0.4, -0.2) is 16.6 Å². The normalized spacial score (nSPS) is 10.6. The van der Waals surface area contributed by atoms with Crippen LogP contribution in [0.4, 0.5) is 5.69 Å². The standard InChI is InChI=1S/C10H10N2O2S2/c13-9(3-4-15)11-6-1-2-7-8(5-6)16-10(14)12-7/h1-2,5,15H,3-4H2,(H,11,13)(H,12,14). The van der Waals surface area contributed by atoms with Gasteiger partial charge in [-0.2, -0.15) is 12.6 Å². The fourth-order valence-corrected chi connectivity index (χ4v) is 2.33. The van der Waals surface area contributed by atoms with Gasteiger partial charge in [-0.3, -0.25) is 9.59 Å². The first kappa shape index (κ1) is 11.2. The summed E-state index contributed by atoms with van der Waals surface area (Å²) in [5.41, 5.74) is 1.50. The molecule has 1 aromatic heterocycles. The number of H-pyrrole nitrogens is 1. The second-order valence-corrected chi connectivity index (χ2v) is 4.71. The number of anilines is 1. The molecule has 0 aliphatic heterocycles. The molecular weight excluding hydrogens is 244 g/mol. The fraction of sp³-hybridized carbons (Fsp3) is 0.200. The number of carbonyl (C=O) groups is 1. The van der Waals surface area contributed by atoms with Crippen LogP contribution in [0.3, 0.4) is 0 Å². The van der Waals surface area contributed by atoms with Crippen LogP contribution in [0.2, 0.25) is 0 Å². The molecule has 0 bridgehead atoms. The van der Waals surface area contributed by atoms with E-state index in [1.54, 1.807) is 18.2 Å². The van der Waals surface area contributed by atoms with Gasteiger partial charge in [-0.05, 0) is 24.0 Å². The summed E-state index contributed by atoms with van der Waals surface area (Å²) in [5.74, 6) is 0.447. The van der Waals surface area contributed by atoms with Gasteiger partial charge in [0.1, 0.15) is 0 Å². The molecule has 0 fully saturated rings. The number of thiol groups is 1. The Kier molecular flexibility index (Phi) is 3.31. The van der Waals surface area contributed by atoms with E-state index in [4.69, 9.17) is 0 Å². The number of thiazole rings is 1. The molecule has 0 saturated heterocycles. The Morgan fingerprint density at radius 2 is 2.31 bits per heavy atom.